The highest BCUT2D eigenvalue weighted by Gasteiger charge is 2.24. The zero-order valence-electron chi connectivity index (χ0n) is 19.9. The number of nitrogens with one attached hydrogen (secondary N) is 3. The molecule has 1 aromatic rings. The van der Waals surface area contributed by atoms with Gasteiger partial charge in [-0.1, -0.05) is 30.3 Å². The molecule has 1 amide bonds. The molecular weight excluding hydrogens is 507 g/mol. The van der Waals surface area contributed by atoms with Gasteiger partial charge in [0.25, 0.3) is 0 Å². The minimum atomic E-state index is -0.517. The van der Waals surface area contributed by atoms with E-state index in [0.29, 0.717) is 12.5 Å². The lowest BCUT2D eigenvalue weighted by atomic mass is 10.1. The summed E-state index contributed by atoms with van der Waals surface area (Å²) in [5.74, 6) is 0.707. The van der Waals surface area contributed by atoms with Crippen LogP contribution in [-0.4, -0.2) is 56.5 Å². The van der Waals surface area contributed by atoms with E-state index >= 15 is 0 Å². The summed E-state index contributed by atoms with van der Waals surface area (Å²) >= 11 is 0. The number of ether oxygens (including phenoxy) is 2. The Kier molecular flexibility index (Phi) is 14.5. The topological polar surface area (TPSA) is 84.0 Å². The van der Waals surface area contributed by atoms with Crippen molar-refractivity contribution >= 4 is 36.0 Å². The Bertz CT molecular complexity index is 646. The molecular formula is C23H41IN4O3. The van der Waals surface area contributed by atoms with Gasteiger partial charge in [-0.2, -0.15) is 0 Å². The van der Waals surface area contributed by atoms with E-state index in [9.17, 15) is 4.79 Å². The van der Waals surface area contributed by atoms with E-state index in [1.165, 1.54) is 5.56 Å². The van der Waals surface area contributed by atoms with Gasteiger partial charge in [0.1, 0.15) is 5.60 Å². The van der Waals surface area contributed by atoms with Crippen molar-refractivity contribution < 1.29 is 14.3 Å². The normalized spacial score (nSPS) is 12.0. The first-order valence-corrected chi connectivity index (χ1v) is 10.7. The molecule has 0 saturated heterocycles. The Hall–Kier alpha value is -1.55. The number of hydrogen-bond donors (Lipinski definition) is 3. The molecule has 8 heteroatoms. The maximum atomic E-state index is 12.0. The zero-order chi connectivity index (χ0) is 22.5. The standard InChI is InChI=1S/C23H40N4O3.HI/c1-22(2,3)30-21(28)27-23(4,5)18-26-20(24-6)25-15-10-11-16-29-17-14-19-12-8-7-9-13-19;/h7-9,12-13H,10-11,14-18H2,1-6H3,(H,27,28)(H2,24,25,26);1H. The Morgan fingerprint density at radius 3 is 2.29 bits per heavy atom. The van der Waals surface area contributed by atoms with Crippen molar-refractivity contribution in [3.63, 3.8) is 0 Å². The molecule has 0 unspecified atom stereocenters. The molecule has 0 radical (unpaired) electrons. The van der Waals surface area contributed by atoms with Gasteiger partial charge < -0.3 is 25.4 Å². The molecule has 7 nitrogen and oxygen atoms in total. The summed E-state index contributed by atoms with van der Waals surface area (Å²) < 4.78 is 11.0. The Morgan fingerprint density at radius 2 is 1.68 bits per heavy atom. The summed E-state index contributed by atoms with van der Waals surface area (Å²) in [7, 11) is 1.73. The molecule has 0 heterocycles. The molecule has 178 valence electrons. The predicted octanol–water partition coefficient (Wildman–Crippen LogP) is 4.11. The van der Waals surface area contributed by atoms with E-state index in [1.807, 2.05) is 40.7 Å². The molecule has 0 aliphatic carbocycles. The van der Waals surface area contributed by atoms with E-state index < -0.39 is 17.2 Å². The van der Waals surface area contributed by atoms with Gasteiger partial charge in [-0.15, -0.1) is 24.0 Å². The summed E-state index contributed by atoms with van der Waals surface area (Å²) in [6, 6.07) is 10.4. The number of carbonyl (C=O) groups excluding carboxylic acids is 1. The zero-order valence-corrected chi connectivity index (χ0v) is 22.2. The first kappa shape index (κ1) is 29.5. The van der Waals surface area contributed by atoms with Crippen molar-refractivity contribution in [1.29, 1.82) is 0 Å². The van der Waals surface area contributed by atoms with Crippen LogP contribution in [-0.2, 0) is 15.9 Å². The maximum Gasteiger partial charge on any atom is 0.408 e. The Labute approximate surface area is 205 Å². The van der Waals surface area contributed by atoms with E-state index in [2.05, 4.69) is 45.2 Å². The first-order valence-electron chi connectivity index (χ1n) is 10.7. The average Bonchev–Trinajstić information content (AvgIpc) is 2.65. The minimum absolute atomic E-state index is 0. The van der Waals surface area contributed by atoms with Gasteiger partial charge in [-0.3, -0.25) is 4.99 Å². The lowest BCUT2D eigenvalue weighted by molar-refractivity contribution is 0.0474. The molecule has 0 aliphatic rings. The largest absolute Gasteiger partial charge is 0.444 e. The monoisotopic (exact) mass is 548 g/mol. The number of rotatable bonds is 11. The molecule has 0 aromatic heterocycles. The van der Waals surface area contributed by atoms with Crippen LogP contribution in [0.1, 0.15) is 53.0 Å². The molecule has 0 saturated carbocycles. The lowest BCUT2D eigenvalue weighted by Crippen LogP contribution is -2.54. The Balaban J connectivity index is 0.00000900. The van der Waals surface area contributed by atoms with Crippen molar-refractivity contribution in [1.82, 2.24) is 16.0 Å². The fourth-order valence-corrected chi connectivity index (χ4v) is 2.62. The predicted molar refractivity (Wildman–Crippen MR) is 138 cm³/mol. The second-order valence-corrected chi connectivity index (χ2v) is 8.92. The van der Waals surface area contributed by atoms with E-state index in [1.54, 1.807) is 7.05 Å². The van der Waals surface area contributed by atoms with Gasteiger partial charge in [0.15, 0.2) is 5.96 Å². The van der Waals surface area contributed by atoms with Gasteiger partial charge in [-0.25, -0.2) is 4.79 Å². The van der Waals surface area contributed by atoms with Crippen molar-refractivity contribution in [3.8, 4) is 0 Å². The summed E-state index contributed by atoms with van der Waals surface area (Å²) in [6.45, 7) is 12.2. The molecule has 0 spiro atoms. The lowest BCUT2D eigenvalue weighted by Gasteiger charge is -2.29. The number of halogens is 1. The van der Waals surface area contributed by atoms with Gasteiger partial charge in [0, 0.05) is 26.7 Å². The van der Waals surface area contributed by atoms with Crippen LogP contribution in [0.15, 0.2) is 35.3 Å². The number of hydrogen-bond acceptors (Lipinski definition) is 4. The highest BCUT2D eigenvalue weighted by Crippen LogP contribution is 2.09. The van der Waals surface area contributed by atoms with Crippen molar-refractivity contribution in [2.75, 3.05) is 33.4 Å². The molecule has 0 aliphatic heterocycles. The molecule has 1 rings (SSSR count). The van der Waals surface area contributed by atoms with Crippen LogP contribution in [0.3, 0.4) is 0 Å². The third-order valence-electron chi connectivity index (χ3n) is 4.15. The van der Waals surface area contributed by atoms with Gasteiger partial charge in [-0.05, 0) is 59.4 Å². The quantitative estimate of drug-likeness (QED) is 0.168. The number of alkyl carbamates (subject to hydrolysis) is 1. The van der Waals surface area contributed by atoms with E-state index in [-0.39, 0.29) is 24.0 Å². The molecule has 0 bridgehead atoms. The SMILES string of the molecule is CN=C(NCCCCOCCc1ccccc1)NCC(C)(C)NC(=O)OC(C)(C)C.I. The van der Waals surface area contributed by atoms with Crippen LogP contribution in [0, 0.1) is 0 Å². The van der Waals surface area contributed by atoms with Crippen LogP contribution in [0.2, 0.25) is 0 Å². The first-order chi connectivity index (χ1) is 14.1. The summed E-state index contributed by atoms with van der Waals surface area (Å²) in [5.41, 5.74) is 0.307. The van der Waals surface area contributed by atoms with Crippen molar-refractivity contribution in [3.05, 3.63) is 35.9 Å². The average molecular weight is 549 g/mol. The number of amides is 1. The third-order valence-corrected chi connectivity index (χ3v) is 4.15. The number of unbranched alkanes of at least 4 members (excludes halogenated alkanes) is 1. The number of nitrogens with zero attached hydrogens (tertiary/aromatic N) is 1. The molecule has 31 heavy (non-hydrogen) atoms. The van der Waals surface area contributed by atoms with Crippen LogP contribution < -0.4 is 16.0 Å². The third kappa shape index (κ3) is 15.8. The second-order valence-electron chi connectivity index (χ2n) is 8.92. The molecule has 3 N–H and O–H groups in total. The number of aliphatic imine (C=N–C) groups is 1. The van der Waals surface area contributed by atoms with Crippen molar-refractivity contribution in [2.24, 2.45) is 4.99 Å². The smallest absolute Gasteiger partial charge is 0.408 e. The van der Waals surface area contributed by atoms with Crippen LogP contribution in [0.25, 0.3) is 0 Å². The summed E-state index contributed by atoms with van der Waals surface area (Å²) in [4.78, 5) is 16.2. The van der Waals surface area contributed by atoms with Gasteiger partial charge in [0.2, 0.25) is 0 Å². The number of benzene rings is 1. The molecule has 0 atom stereocenters. The van der Waals surface area contributed by atoms with Gasteiger partial charge in [0.05, 0.1) is 12.1 Å². The summed E-state index contributed by atoms with van der Waals surface area (Å²) in [5, 5.41) is 9.41. The van der Waals surface area contributed by atoms with Crippen LogP contribution in [0.5, 0.6) is 0 Å². The molecule has 1 aromatic carbocycles. The van der Waals surface area contributed by atoms with Crippen molar-refractivity contribution in [2.45, 2.75) is 65.0 Å². The second kappa shape index (κ2) is 15.3. The fraction of sp³-hybridized carbons (Fsp3) is 0.652. The molecule has 0 fully saturated rings. The minimum Gasteiger partial charge on any atom is -0.444 e. The van der Waals surface area contributed by atoms with Gasteiger partial charge >= 0.3 is 6.09 Å². The highest BCUT2D eigenvalue weighted by molar-refractivity contribution is 14.0. The fourth-order valence-electron chi connectivity index (χ4n) is 2.62. The summed E-state index contributed by atoms with van der Waals surface area (Å²) in [6.07, 6.45) is 2.50. The van der Waals surface area contributed by atoms with Crippen LogP contribution in [0.4, 0.5) is 4.79 Å². The van der Waals surface area contributed by atoms with E-state index in [0.717, 1.165) is 39.0 Å². The highest BCUT2D eigenvalue weighted by atomic mass is 127. The Morgan fingerprint density at radius 1 is 1.00 bits per heavy atom. The van der Waals surface area contributed by atoms with E-state index in [4.69, 9.17) is 9.47 Å². The number of carbonyl (C=O) groups is 1. The van der Waals surface area contributed by atoms with Crippen LogP contribution >= 0.6 is 24.0 Å². The maximum absolute atomic E-state index is 12.0. The number of guanidine groups is 1.